The summed E-state index contributed by atoms with van der Waals surface area (Å²) in [6.07, 6.45) is 0.850. The summed E-state index contributed by atoms with van der Waals surface area (Å²) in [7, 11) is 1.60. The molecule has 1 heterocycles. The summed E-state index contributed by atoms with van der Waals surface area (Å²) in [6.45, 7) is 4.07. The molecule has 2 N–H and O–H groups in total. The Kier molecular flexibility index (Phi) is 4.89. The van der Waals surface area contributed by atoms with Gasteiger partial charge in [0.25, 0.3) is 0 Å². The Hall–Kier alpha value is -2.15. The number of nitrogens with zero attached hydrogens (tertiary/aromatic N) is 4. The van der Waals surface area contributed by atoms with Gasteiger partial charge in [-0.05, 0) is 35.9 Å². The molecule has 20 heavy (non-hydrogen) atoms. The summed E-state index contributed by atoms with van der Waals surface area (Å²) in [5, 5.41) is 11.8. The molecule has 0 amide bonds. The summed E-state index contributed by atoms with van der Waals surface area (Å²) in [4.78, 5) is 0. The van der Waals surface area contributed by atoms with Crippen molar-refractivity contribution in [2.75, 3.05) is 26.1 Å². The average Bonchev–Trinajstić information content (AvgIpc) is 2.91. The summed E-state index contributed by atoms with van der Waals surface area (Å²) < 4.78 is 12.4. The van der Waals surface area contributed by atoms with E-state index in [2.05, 4.69) is 15.5 Å². The smallest absolute Gasteiger partial charge is 0.185 e. The Balaban J connectivity index is 2.19. The minimum absolute atomic E-state index is 0.640. The molecular formula is C13H19N5O2. The third-order valence-corrected chi connectivity index (χ3v) is 2.86. The highest BCUT2D eigenvalue weighted by Gasteiger charge is 2.13. The number of ether oxygens (including phenoxy) is 2. The number of aromatic nitrogens is 4. The van der Waals surface area contributed by atoms with Gasteiger partial charge in [-0.1, -0.05) is 0 Å². The van der Waals surface area contributed by atoms with Crippen molar-refractivity contribution >= 4 is 5.69 Å². The van der Waals surface area contributed by atoms with E-state index in [9.17, 15) is 0 Å². The molecule has 2 rings (SSSR count). The van der Waals surface area contributed by atoms with E-state index >= 15 is 0 Å². The number of aryl methyl sites for hydroxylation is 1. The Bertz CT molecular complexity index is 555. The van der Waals surface area contributed by atoms with Gasteiger partial charge >= 0.3 is 0 Å². The lowest BCUT2D eigenvalue weighted by molar-refractivity contribution is 0.140. The molecule has 0 radical (unpaired) electrons. The average molecular weight is 277 g/mol. The maximum absolute atomic E-state index is 5.75. The van der Waals surface area contributed by atoms with Crippen molar-refractivity contribution in [3.63, 3.8) is 0 Å². The van der Waals surface area contributed by atoms with Crippen LogP contribution in [0.25, 0.3) is 11.4 Å². The van der Waals surface area contributed by atoms with Crippen LogP contribution in [0.4, 0.5) is 5.69 Å². The van der Waals surface area contributed by atoms with Gasteiger partial charge < -0.3 is 15.2 Å². The first-order valence-electron chi connectivity index (χ1n) is 6.54. The van der Waals surface area contributed by atoms with Crippen LogP contribution in [0, 0.1) is 0 Å². The summed E-state index contributed by atoms with van der Waals surface area (Å²) in [6, 6.07) is 5.42. The van der Waals surface area contributed by atoms with E-state index in [1.165, 1.54) is 0 Å². The van der Waals surface area contributed by atoms with Crippen LogP contribution < -0.4 is 10.5 Å². The molecule has 0 aliphatic rings. The number of tetrazole rings is 1. The van der Waals surface area contributed by atoms with Crippen LogP contribution in [0.15, 0.2) is 18.2 Å². The van der Waals surface area contributed by atoms with Crippen molar-refractivity contribution in [1.29, 1.82) is 0 Å². The van der Waals surface area contributed by atoms with Crippen LogP contribution in [0.2, 0.25) is 0 Å². The number of nitrogen functional groups attached to an aromatic ring is 1. The van der Waals surface area contributed by atoms with Crippen LogP contribution in [-0.2, 0) is 11.3 Å². The van der Waals surface area contributed by atoms with Crippen LogP contribution >= 0.6 is 0 Å². The predicted octanol–water partition coefficient (Wildman–Crippen LogP) is 1.36. The molecular weight excluding hydrogens is 258 g/mol. The predicted molar refractivity (Wildman–Crippen MR) is 75.3 cm³/mol. The molecule has 0 bridgehead atoms. The van der Waals surface area contributed by atoms with Crippen molar-refractivity contribution < 1.29 is 9.47 Å². The van der Waals surface area contributed by atoms with Gasteiger partial charge in [-0.25, -0.2) is 4.68 Å². The fourth-order valence-corrected chi connectivity index (χ4v) is 1.90. The van der Waals surface area contributed by atoms with Crippen LogP contribution in [0.3, 0.4) is 0 Å². The number of methoxy groups -OCH3 is 1. The Morgan fingerprint density at radius 1 is 1.35 bits per heavy atom. The molecule has 0 unspecified atom stereocenters. The molecule has 0 spiro atoms. The first kappa shape index (κ1) is 14.3. The second kappa shape index (κ2) is 6.85. The maximum atomic E-state index is 5.75. The van der Waals surface area contributed by atoms with Crippen LogP contribution in [0.1, 0.15) is 13.3 Å². The van der Waals surface area contributed by atoms with Crippen LogP contribution in [0.5, 0.6) is 5.75 Å². The molecule has 2 aromatic rings. The first-order valence-corrected chi connectivity index (χ1v) is 6.54. The van der Waals surface area contributed by atoms with Gasteiger partial charge in [-0.2, -0.15) is 0 Å². The molecule has 0 saturated carbocycles. The fraction of sp³-hybridized carbons (Fsp3) is 0.462. The van der Waals surface area contributed by atoms with Crippen molar-refractivity contribution in [2.45, 2.75) is 19.9 Å². The van der Waals surface area contributed by atoms with Crippen LogP contribution in [-0.4, -0.2) is 40.5 Å². The number of nitrogens with two attached hydrogens (primary N) is 1. The highest BCUT2D eigenvalue weighted by atomic mass is 16.5. The fourth-order valence-electron chi connectivity index (χ4n) is 1.90. The Labute approximate surface area is 117 Å². The van der Waals surface area contributed by atoms with E-state index in [1.54, 1.807) is 23.9 Å². The van der Waals surface area contributed by atoms with Gasteiger partial charge in [-0.3, -0.25) is 0 Å². The lowest BCUT2D eigenvalue weighted by Gasteiger charge is -2.09. The molecule has 0 atom stereocenters. The van der Waals surface area contributed by atoms with E-state index in [1.807, 2.05) is 13.0 Å². The van der Waals surface area contributed by atoms with E-state index in [0.29, 0.717) is 37.0 Å². The lowest BCUT2D eigenvalue weighted by Crippen LogP contribution is -2.07. The summed E-state index contributed by atoms with van der Waals surface area (Å²) in [5.74, 6) is 1.32. The molecule has 0 fully saturated rings. The third kappa shape index (κ3) is 3.24. The molecule has 0 aliphatic heterocycles. The molecule has 1 aromatic carbocycles. The summed E-state index contributed by atoms with van der Waals surface area (Å²) >= 11 is 0. The number of hydrogen-bond acceptors (Lipinski definition) is 6. The monoisotopic (exact) mass is 277 g/mol. The number of rotatable bonds is 7. The highest BCUT2D eigenvalue weighted by molar-refractivity contribution is 5.67. The standard InChI is InChI=1S/C13H19N5O2/c1-3-20-8-4-7-18-13(15-16-17-18)11-6-5-10(14)9-12(11)19-2/h5-6,9H,3-4,7-8,14H2,1-2H3. The van der Waals surface area contributed by atoms with Gasteiger partial charge in [-0.15, -0.1) is 5.10 Å². The Morgan fingerprint density at radius 2 is 2.20 bits per heavy atom. The molecule has 7 heteroatoms. The molecule has 0 saturated heterocycles. The van der Waals surface area contributed by atoms with Gasteiger partial charge in [0.15, 0.2) is 5.82 Å². The molecule has 1 aromatic heterocycles. The zero-order chi connectivity index (χ0) is 14.4. The second-order valence-electron chi connectivity index (χ2n) is 4.24. The van der Waals surface area contributed by atoms with E-state index in [0.717, 1.165) is 12.0 Å². The molecule has 7 nitrogen and oxygen atoms in total. The zero-order valence-corrected chi connectivity index (χ0v) is 11.7. The van der Waals surface area contributed by atoms with E-state index < -0.39 is 0 Å². The van der Waals surface area contributed by atoms with E-state index in [4.69, 9.17) is 15.2 Å². The van der Waals surface area contributed by atoms with Gasteiger partial charge in [0.2, 0.25) is 0 Å². The zero-order valence-electron chi connectivity index (χ0n) is 11.7. The topological polar surface area (TPSA) is 88.1 Å². The van der Waals surface area contributed by atoms with Crippen molar-refractivity contribution in [1.82, 2.24) is 20.2 Å². The van der Waals surface area contributed by atoms with Gasteiger partial charge in [0, 0.05) is 31.5 Å². The molecule has 0 aliphatic carbocycles. The second-order valence-corrected chi connectivity index (χ2v) is 4.24. The Morgan fingerprint density at radius 3 is 2.95 bits per heavy atom. The normalized spacial score (nSPS) is 10.7. The quantitative estimate of drug-likeness (QED) is 0.607. The van der Waals surface area contributed by atoms with Gasteiger partial charge in [0.1, 0.15) is 5.75 Å². The highest BCUT2D eigenvalue weighted by Crippen LogP contribution is 2.29. The maximum Gasteiger partial charge on any atom is 0.185 e. The minimum Gasteiger partial charge on any atom is -0.496 e. The number of anilines is 1. The SMILES string of the molecule is CCOCCCn1nnnc1-c1ccc(N)cc1OC. The first-order chi connectivity index (χ1) is 9.76. The van der Waals surface area contributed by atoms with Crippen molar-refractivity contribution in [3.05, 3.63) is 18.2 Å². The van der Waals surface area contributed by atoms with Crippen molar-refractivity contribution in [3.8, 4) is 17.1 Å². The largest absolute Gasteiger partial charge is 0.496 e. The number of benzene rings is 1. The van der Waals surface area contributed by atoms with Crippen molar-refractivity contribution in [2.24, 2.45) is 0 Å². The lowest BCUT2D eigenvalue weighted by atomic mass is 10.1. The van der Waals surface area contributed by atoms with E-state index in [-0.39, 0.29) is 0 Å². The minimum atomic E-state index is 0.640. The number of hydrogen-bond donors (Lipinski definition) is 1. The summed E-state index contributed by atoms with van der Waals surface area (Å²) in [5.41, 5.74) is 7.22. The molecule has 108 valence electrons. The van der Waals surface area contributed by atoms with Gasteiger partial charge in [0.05, 0.1) is 12.7 Å². The third-order valence-electron chi connectivity index (χ3n) is 2.86.